The molecule has 2 rings (SSSR count). The summed E-state index contributed by atoms with van der Waals surface area (Å²) >= 11 is 1.46. The van der Waals surface area contributed by atoms with Gasteiger partial charge >= 0.3 is 0 Å². The lowest BCUT2D eigenvalue weighted by molar-refractivity contribution is -0.740. The van der Waals surface area contributed by atoms with Crippen LogP contribution in [0, 0.1) is 6.92 Å². The average molecular weight is 211 g/mol. The molecule has 1 aromatic rings. The van der Waals surface area contributed by atoms with Gasteiger partial charge in [-0.15, -0.1) is 0 Å². The predicted octanol–water partition coefficient (Wildman–Crippen LogP) is 0.120. The molecular formula is C9H11N2O2S+. The summed E-state index contributed by atoms with van der Waals surface area (Å²) in [5.74, 6) is 0.465. The third kappa shape index (κ3) is 1.24. The first-order valence-electron chi connectivity index (χ1n) is 4.27. The van der Waals surface area contributed by atoms with Gasteiger partial charge in [0, 0.05) is 13.0 Å². The summed E-state index contributed by atoms with van der Waals surface area (Å²) in [5, 5.41) is 10.3. The fourth-order valence-corrected chi connectivity index (χ4v) is 2.86. The Kier molecular flexibility index (Phi) is 2.11. The summed E-state index contributed by atoms with van der Waals surface area (Å²) in [6, 6.07) is 3.08. The quantitative estimate of drug-likeness (QED) is 0.648. The van der Waals surface area contributed by atoms with Crippen LogP contribution in [0.25, 0.3) is 0 Å². The van der Waals surface area contributed by atoms with Crippen LogP contribution >= 0.6 is 11.8 Å². The van der Waals surface area contributed by atoms with Crippen molar-refractivity contribution >= 4 is 17.7 Å². The van der Waals surface area contributed by atoms with Crippen molar-refractivity contribution in [2.24, 2.45) is 5.73 Å². The number of amides is 1. The van der Waals surface area contributed by atoms with Crippen molar-refractivity contribution in [3.8, 4) is 5.75 Å². The number of hydrogen-bond acceptors (Lipinski definition) is 3. The van der Waals surface area contributed by atoms with Crippen molar-refractivity contribution in [2.75, 3.05) is 5.75 Å². The zero-order valence-corrected chi connectivity index (χ0v) is 8.54. The first kappa shape index (κ1) is 9.33. The molecule has 0 bridgehead atoms. The minimum Gasteiger partial charge on any atom is -0.502 e. The molecule has 0 spiro atoms. The summed E-state index contributed by atoms with van der Waals surface area (Å²) in [5.41, 5.74) is 6.21. The predicted molar refractivity (Wildman–Crippen MR) is 52.0 cm³/mol. The smallest absolute Gasteiger partial charge is 0.287 e. The van der Waals surface area contributed by atoms with Crippen LogP contribution in [0.15, 0.2) is 17.2 Å². The lowest BCUT2D eigenvalue weighted by Gasteiger charge is -2.03. The minimum absolute atomic E-state index is 0.212. The Morgan fingerprint density at radius 2 is 2.43 bits per heavy atom. The van der Waals surface area contributed by atoms with E-state index in [1.165, 1.54) is 11.8 Å². The highest BCUT2D eigenvalue weighted by molar-refractivity contribution is 7.99. The molecule has 1 unspecified atom stereocenters. The average Bonchev–Trinajstić information content (AvgIpc) is 2.56. The molecular weight excluding hydrogens is 200 g/mol. The molecule has 1 amide bonds. The normalized spacial score (nSPS) is 19.4. The number of nitrogens with zero attached hydrogens (tertiary/aromatic N) is 1. The zero-order chi connectivity index (χ0) is 10.3. The van der Waals surface area contributed by atoms with E-state index >= 15 is 0 Å². The van der Waals surface area contributed by atoms with Crippen LogP contribution in [0.2, 0.25) is 0 Å². The van der Waals surface area contributed by atoms with Gasteiger partial charge < -0.3 is 10.8 Å². The lowest BCUT2D eigenvalue weighted by Crippen LogP contribution is -2.47. The molecule has 14 heavy (non-hydrogen) atoms. The van der Waals surface area contributed by atoms with Gasteiger partial charge in [-0.2, -0.15) is 4.57 Å². The molecule has 5 heteroatoms. The second-order valence-electron chi connectivity index (χ2n) is 3.26. The highest BCUT2D eigenvalue weighted by Crippen LogP contribution is 2.33. The van der Waals surface area contributed by atoms with Gasteiger partial charge in [0.25, 0.3) is 10.9 Å². The first-order valence-corrected chi connectivity index (χ1v) is 5.26. The van der Waals surface area contributed by atoms with Crippen molar-refractivity contribution < 1.29 is 14.5 Å². The molecule has 0 saturated heterocycles. The third-order valence-electron chi connectivity index (χ3n) is 2.32. The maximum Gasteiger partial charge on any atom is 0.287 e. The number of primary amides is 1. The fourth-order valence-electron chi connectivity index (χ4n) is 1.61. The summed E-state index contributed by atoms with van der Waals surface area (Å²) < 4.78 is 1.79. The largest absolute Gasteiger partial charge is 0.502 e. The number of rotatable bonds is 1. The van der Waals surface area contributed by atoms with Gasteiger partial charge in [0.05, 0.1) is 5.75 Å². The Labute approximate surface area is 85.7 Å². The van der Waals surface area contributed by atoms with Gasteiger partial charge in [-0.3, -0.25) is 4.79 Å². The standard InChI is InChI=1S/C9H10N2O2S/c1-5-2-3-7(12)9-11(5)6(4-14-9)8(10)13/h2-3,6H,4H2,1H3,(H2-,10,12,13)/p+1. The number of aromatic hydroxyl groups is 1. The van der Waals surface area contributed by atoms with Crippen LogP contribution in [0.1, 0.15) is 11.7 Å². The first-order chi connectivity index (χ1) is 6.61. The number of nitrogens with two attached hydrogens (primary N) is 1. The van der Waals surface area contributed by atoms with Crippen LogP contribution in [0.3, 0.4) is 0 Å². The van der Waals surface area contributed by atoms with Gasteiger partial charge in [-0.1, -0.05) is 0 Å². The number of thioether (sulfide) groups is 1. The Morgan fingerprint density at radius 3 is 3.07 bits per heavy atom. The van der Waals surface area contributed by atoms with Crippen molar-refractivity contribution in [1.29, 1.82) is 0 Å². The molecule has 0 aliphatic carbocycles. The van der Waals surface area contributed by atoms with Crippen LogP contribution in [-0.4, -0.2) is 16.8 Å². The van der Waals surface area contributed by atoms with E-state index in [1.807, 2.05) is 6.92 Å². The van der Waals surface area contributed by atoms with Crippen molar-refractivity contribution in [3.63, 3.8) is 0 Å². The molecule has 1 aliphatic heterocycles. The Balaban J connectivity index is 2.58. The molecule has 0 aromatic carbocycles. The second-order valence-corrected chi connectivity index (χ2v) is 4.27. The monoisotopic (exact) mass is 211 g/mol. The van der Waals surface area contributed by atoms with Gasteiger partial charge in [0.2, 0.25) is 6.04 Å². The SMILES string of the molecule is Cc1ccc(O)c2[n+]1C(C(N)=O)CS2. The maximum atomic E-state index is 11.1. The Bertz CT molecular complexity index is 406. The molecule has 0 saturated carbocycles. The highest BCUT2D eigenvalue weighted by atomic mass is 32.2. The van der Waals surface area contributed by atoms with Crippen molar-refractivity contribution in [2.45, 2.75) is 18.0 Å². The van der Waals surface area contributed by atoms with Crippen molar-refractivity contribution in [3.05, 3.63) is 17.8 Å². The second kappa shape index (κ2) is 3.16. The van der Waals surface area contributed by atoms with E-state index in [0.29, 0.717) is 5.75 Å². The Morgan fingerprint density at radius 1 is 1.71 bits per heavy atom. The number of carbonyl (C=O) groups excluding carboxylic acids is 1. The molecule has 0 radical (unpaired) electrons. The van der Waals surface area contributed by atoms with Crippen LogP contribution in [-0.2, 0) is 4.79 Å². The van der Waals surface area contributed by atoms with E-state index in [1.54, 1.807) is 16.7 Å². The van der Waals surface area contributed by atoms with Gasteiger partial charge in [0.1, 0.15) is 0 Å². The van der Waals surface area contributed by atoms with E-state index in [2.05, 4.69) is 0 Å². The number of aryl methyl sites for hydroxylation is 1. The van der Waals surface area contributed by atoms with Crippen LogP contribution < -0.4 is 10.3 Å². The van der Waals surface area contributed by atoms with E-state index in [9.17, 15) is 9.90 Å². The number of pyridine rings is 1. The van der Waals surface area contributed by atoms with E-state index in [0.717, 1.165) is 10.7 Å². The molecule has 4 nitrogen and oxygen atoms in total. The van der Waals surface area contributed by atoms with E-state index in [-0.39, 0.29) is 17.7 Å². The van der Waals surface area contributed by atoms with E-state index < -0.39 is 0 Å². The van der Waals surface area contributed by atoms with Gasteiger partial charge in [0.15, 0.2) is 11.4 Å². The zero-order valence-electron chi connectivity index (χ0n) is 7.73. The summed E-state index contributed by atoms with van der Waals surface area (Å²) in [7, 11) is 0. The molecule has 0 fully saturated rings. The third-order valence-corrected chi connectivity index (χ3v) is 3.48. The number of aromatic nitrogens is 1. The number of hydrogen-bond donors (Lipinski definition) is 2. The summed E-state index contributed by atoms with van der Waals surface area (Å²) in [6.07, 6.45) is 0. The van der Waals surface area contributed by atoms with Gasteiger partial charge in [-0.25, -0.2) is 0 Å². The number of carbonyl (C=O) groups is 1. The minimum atomic E-state index is -0.352. The molecule has 1 aliphatic rings. The summed E-state index contributed by atoms with van der Waals surface area (Å²) in [6.45, 7) is 1.89. The topological polar surface area (TPSA) is 67.2 Å². The molecule has 3 N–H and O–H groups in total. The van der Waals surface area contributed by atoms with Crippen LogP contribution in [0.5, 0.6) is 5.75 Å². The molecule has 1 atom stereocenters. The van der Waals surface area contributed by atoms with E-state index in [4.69, 9.17) is 5.73 Å². The van der Waals surface area contributed by atoms with Crippen molar-refractivity contribution in [1.82, 2.24) is 0 Å². The maximum absolute atomic E-state index is 11.1. The molecule has 74 valence electrons. The lowest BCUT2D eigenvalue weighted by atomic mass is 10.2. The fraction of sp³-hybridized carbons (Fsp3) is 0.333. The highest BCUT2D eigenvalue weighted by Gasteiger charge is 2.39. The van der Waals surface area contributed by atoms with Gasteiger partial charge in [-0.05, 0) is 17.8 Å². The molecule has 1 aromatic heterocycles. The molecule has 2 heterocycles. The summed E-state index contributed by atoms with van der Waals surface area (Å²) in [4.78, 5) is 11.1. The number of fused-ring (bicyclic) bond motifs is 1. The van der Waals surface area contributed by atoms with Crippen LogP contribution in [0.4, 0.5) is 0 Å². The Hall–Kier alpha value is -1.23.